The summed E-state index contributed by atoms with van der Waals surface area (Å²) in [5.41, 5.74) is 4.64. The SMILES string of the molecule is COc1cc(C2=CCC3(CC2)CC3)c2ncc(C(=O)NC(C)C)cc2c1. The summed E-state index contributed by atoms with van der Waals surface area (Å²) in [7, 11) is 1.68. The minimum absolute atomic E-state index is 0.0914. The van der Waals surface area contributed by atoms with Crippen LogP contribution in [0, 0.1) is 5.41 Å². The van der Waals surface area contributed by atoms with E-state index in [9.17, 15) is 4.79 Å². The van der Waals surface area contributed by atoms with Crippen LogP contribution < -0.4 is 10.1 Å². The normalized spacial score (nSPS) is 18.1. The minimum Gasteiger partial charge on any atom is -0.497 e. The molecule has 4 nitrogen and oxygen atoms in total. The van der Waals surface area contributed by atoms with Crippen molar-refractivity contribution < 1.29 is 9.53 Å². The lowest BCUT2D eigenvalue weighted by atomic mass is 9.83. The molecule has 1 aromatic heterocycles. The highest BCUT2D eigenvalue weighted by Crippen LogP contribution is 2.56. The Labute approximate surface area is 154 Å². The Morgan fingerprint density at radius 3 is 2.65 bits per heavy atom. The van der Waals surface area contributed by atoms with Gasteiger partial charge in [0.2, 0.25) is 0 Å². The number of nitrogens with zero attached hydrogens (tertiary/aromatic N) is 1. The fourth-order valence-corrected chi connectivity index (χ4v) is 3.87. The van der Waals surface area contributed by atoms with E-state index in [1.165, 1.54) is 31.3 Å². The van der Waals surface area contributed by atoms with E-state index in [2.05, 4.69) is 22.4 Å². The van der Waals surface area contributed by atoms with Crippen LogP contribution in [0.15, 0.2) is 30.5 Å². The van der Waals surface area contributed by atoms with Crippen LogP contribution in [0.2, 0.25) is 0 Å². The van der Waals surface area contributed by atoms with E-state index in [-0.39, 0.29) is 11.9 Å². The molecule has 1 heterocycles. The Morgan fingerprint density at radius 1 is 1.23 bits per heavy atom. The third kappa shape index (κ3) is 3.20. The lowest BCUT2D eigenvalue weighted by molar-refractivity contribution is 0.0943. The van der Waals surface area contributed by atoms with E-state index in [1.54, 1.807) is 13.3 Å². The van der Waals surface area contributed by atoms with E-state index >= 15 is 0 Å². The Bertz CT molecular complexity index is 894. The highest BCUT2D eigenvalue weighted by atomic mass is 16.5. The summed E-state index contributed by atoms with van der Waals surface area (Å²) in [4.78, 5) is 17.0. The van der Waals surface area contributed by atoms with Gasteiger partial charge in [-0.15, -0.1) is 0 Å². The van der Waals surface area contributed by atoms with Crippen molar-refractivity contribution >= 4 is 22.4 Å². The number of hydrogen-bond acceptors (Lipinski definition) is 3. The van der Waals surface area contributed by atoms with Crippen LogP contribution in [-0.2, 0) is 0 Å². The topological polar surface area (TPSA) is 51.2 Å². The number of aromatic nitrogens is 1. The third-order valence-electron chi connectivity index (χ3n) is 5.68. The van der Waals surface area contributed by atoms with Gasteiger partial charge in [-0.3, -0.25) is 9.78 Å². The van der Waals surface area contributed by atoms with Crippen LogP contribution in [0.1, 0.15) is 61.9 Å². The molecular formula is C22H26N2O2. The number of hydrogen-bond donors (Lipinski definition) is 1. The summed E-state index contributed by atoms with van der Waals surface area (Å²) in [6.07, 6.45) is 10.4. The van der Waals surface area contributed by atoms with E-state index in [4.69, 9.17) is 4.74 Å². The molecule has 0 radical (unpaired) electrons. The molecule has 1 aromatic carbocycles. The van der Waals surface area contributed by atoms with Gasteiger partial charge in [0, 0.05) is 23.2 Å². The van der Waals surface area contributed by atoms with Gasteiger partial charge in [-0.05, 0) is 75.1 Å². The molecule has 1 N–H and O–H groups in total. The number of nitrogens with one attached hydrogen (secondary N) is 1. The molecule has 0 atom stereocenters. The van der Waals surface area contributed by atoms with Gasteiger partial charge in [-0.25, -0.2) is 0 Å². The highest BCUT2D eigenvalue weighted by Gasteiger charge is 2.42. The maximum Gasteiger partial charge on any atom is 0.253 e. The van der Waals surface area contributed by atoms with Crippen molar-refractivity contribution in [2.75, 3.05) is 7.11 Å². The first-order valence-electron chi connectivity index (χ1n) is 9.48. The summed E-state index contributed by atoms with van der Waals surface area (Å²) in [5.74, 6) is 0.717. The summed E-state index contributed by atoms with van der Waals surface area (Å²) >= 11 is 0. The zero-order valence-corrected chi connectivity index (χ0v) is 15.8. The van der Waals surface area contributed by atoms with Crippen LogP contribution in [0.5, 0.6) is 5.75 Å². The van der Waals surface area contributed by atoms with E-state index in [0.29, 0.717) is 11.0 Å². The van der Waals surface area contributed by atoms with E-state index in [1.807, 2.05) is 26.0 Å². The van der Waals surface area contributed by atoms with Gasteiger partial charge in [-0.1, -0.05) is 6.08 Å². The van der Waals surface area contributed by atoms with Crippen LogP contribution in [0.25, 0.3) is 16.5 Å². The predicted molar refractivity (Wildman–Crippen MR) is 104 cm³/mol. The van der Waals surface area contributed by atoms with Gasteiger partial charge in [0.1, 0.15) is 5.75 Å². The smallest absolute Gasteiger partial charge is 0.253 e. The lowest BCUT2D eigenvalue weighted by Crippen LogP contribution is -2.30. The average Bonchev–Trinajstić information content (AvgIpc) is 3.39. The molecule has 2 aromatic rings. The number of pyridine rings is 1. The van der Waals surface area contributed by atoms with Gasteiger partial charge in [-0.2, -0.15) is 0 Å². The van der Waals surface area contributed by atoms with Gasteiger partial charge >= 0.3 is 0 Å². The fourth-order valence-electron chi connectivity index (χ4n) is 3.87. The Morgan fingerprint density at radius 2 is 2.04 bits per heavy atom. The maximum absolute atomic E-state index is 12.3. The largest absolute Gasteiger partial charge is 0.497 e. The number of carbonyl (C=O) groups excluding carboxylic acids is 1. The number of ether oxygens (including phenoxy) is 1. The van der Waals surface area contributed by atoms with Crippen LogP contribution in [-0.4, -0.2) is 24.0 Å². The highest BCUT2D eigenvalue weighted by molar-refractivity contribution is 6.00. The van der Waals surface area contributed by atoms with E-state index < -0.39 is 0 Å². The summed E-state index contributed by atoms with van der Waals surface area (Å²) < 4.78 is 5.52. The Hall–Kier alpha value is -2.36. The number of amides is 1. The molecule has 4 heteroatoms. The molecule has 4 rings (SSSR count). The monoisotopic (exact) mass is 350 g/mol. The van der Waals surface area contributed by atoms with Crippen molar-refractivity contribution in [2.45, 2.75) is 52.0 Å². The molecule has 1 spiro atoms. The maximum atomic E-state index is 12.3. The van der Waals surface area contributed by atoms with Gasteiger partial charge in [0.25, 0.3) is 5.91 Å². The molecule has 0 saturated heterocycles. The third-order valence-corrected chi connectivity index (χ3v) is 5.68. The lowest BCUT2D eigenvalue weighted by Gasteiger charge is -2.22. The molecule has 2 aliphatic rings. The molecule has 0 aliphatic heterocycles. The number of allylic oxidation sites excluding steroid dienone is 2. The molecule has 2 aliphatic carbocycles. The predicted octanol–water partition coefficient (Wildman–Crippen LogP) is 4.73. The summed E-state index contributed by atoms with van der Waals surface area (Å²) in [6, 6.07) is 6.06. The molecule has 136 valence electrons. The number of benzene rings is 1. The zero-order valence-electron chi connectivity index (χ0n) is 15.8. The zero-order chi connectivity index (χ0) is 18.3. The summed E-state index contributed by atoms with van der Waals surface area (Å²) in [5, 5.41) is 3.87. The molecule has 1 saturated carbocycles. The minimum atomic E-state index is -0.0914. The number of carbonyl (C=O) groups is 1. The second-order valence-electron chi connectivity index (χ2n) is 8.03. The molecule has 0 bridgehead atoms. The second-order valence-corrected chi connectivity index (χ2v) is 8.03. The van der Waals surface area contributed by atoms with Crippen LogP contribution in [0.3, 0.4) is 0 Å². The second kappa shape index (κ2) is 6.42. The number of methoxy groups -OCH3 is 1. The molecule has 0 unspecified atom stereocenters. The van der Waals surface area contributed by atoms with Crippen molar-refractivity contribution in [3.8, 4) is 5.75 Å². The molecule has 26 heavy (non-hydrogen) atoms. The van der Waals surface area contributed by atoms with Crippen molar-refractivity contribution in [3.63, 3.8) is 0 Å². The Kier molecular flexibility index (Phi) is 4.22. The average molecular weight is 350 g/mol. The summed E-state index contributed by atoms with van der Waals surface area (Å²) in [6.45, 7) is 3.91. The number of rotatable bonds is 4. The van der Waals surface area contributed by atoms with Gasteiger partial charge in [0.15, 0.2) is 0 Å². The van der Waals surface area contributed by atoms with Crippen molar-refractivity contribution in [3.05, 3.63) is 41.6 Å². The standard InChI is InChI=1S/C22H26N2O2/c1-14(2)24-21(25)17-10-16-11-18(26-3)12-19(20(16)23-13-17)15-4-6-22(7-5-15)8-9-22/h4,10-14H,5-9H2,1-3H3,(H,24,25). The van der Waals surface area contributed by atoms with Crippen molar-refractivity contribution in [1.29, 1.82) is 0 Å². The van der Waals surface area contributed by atoms with Gasteiger partial charge < -0.3 is 10.1 Å². The molecular weight excluding hydrogens is 324 g/mol. The quantitative estimate of drug-likeness (QED) is 0.867. The van der Waals surface area contributed by atoms with Crippen LogP contribution in [0.4, 0.5) is 0 Å². The molecule has 1 fully saturated rings. The van der Waals surface area contributed by atoms with Crippen molar-refractivity contribution in [2.24, 2.45) is 5.41 Å². The van der Waals surface area contributed by atoms with Gasteiger partial charge in [0.05, 0.1) is 18.2 Å². The first-order chi connectivity index (χ1) is 12.5. The first kappa shape index (κ1) is 17.1. The Balaban J connectivity index is 1.75. The fraction of sp³-hybridized carbons (Fsp3) is 0.455. The van der Waals surface area contributed by atoms with Crippen molar-refractivity contribution in [1.82, 2.24) is 10.3 Å². The number of fused-ring (bicyclic) bond motifs is 1. The first-order valence-corrected chi connectivity index (χ1v) is 9.48. The van der Waals surface area contributed by atoms with E-state index in [0.717, 1.165) is 28.6 Å². The van der Waals surface area contributed by atoms with Crippen LogP contribution >= 0.6 is 0 Å². The molecule has 1 amide bonds.